The molecule has 7 nitrogen and oxygen atoms in total. The number of nitrogens with zero attached hydrogens (tertiary/aromatic N) is 1. The molecule has 0 bridgehead atoms. The Bertz CT molecular complexity index is 1880. The minimum Gasteiger partial charge on any atom is -0.423 e. The lowest BCUT2D eigenvalue weighted by Gasteiger charge is -2.57. The van der Waals surface area contributed by atoms with Crippen LogP contribution < -0.4 is 4.74 Å². The third-order valence-electron chi connectivity index (χ3n) is 9.61. The second-order valence-corrected chi connectivity index (χ2v) is 14.6. The van der Waals surface area contributed by atoms with Gasteiger partial charge in [-0.2, -0.15) is 0 Å². The summed E-state index contributed by atoms with van der Waals surface area (Å²) in [5.41, 5.74) is 0.0799. The van der Waals surface area contributed by atoms with Crippen molar-refractivity contribution >= 4 is 29.4 Å². The van der Waals surface area contributed by atoms with E-state index in [0.29, 0.717) is 11.3 Å². The largest absolute Gasteiger partial charge is 0.423 e. The zero-order valence-corrected chi connectivity index (χ0v) is 27.2. The van der Waals surface area contributed by atoms with Gasteiger partial charge in [0, 0.05) is 21.8 Å². The quantitative estimate of drug-likeness (QED) is 0.0703. The standard InChI is InChI=1S/C39H34FNO6S/c1-37(2)34(39(45,27-14-8-4-9-15-27)46-24-25-12-6-3-7-13-25)41-35(44)38(36(41)48-37)30(32(42)26-18-20-28(40)21-19-26)22-23-31(38)33(43)47-29-16-10-5-11-17-29/h3-21,23,30,34,36,45H,22,24H2,1-2H3/t30?,34-,36-,38?,39?/m1/s1. The molecule has 2 heterocycles. The Hall–Kier alpha value is -4.57. The molecule has 3 unspecified atom stereocenters. The highest BCUT2D eigenvalue weighted by Crippen LogP contribution is 2.68. The second-order valence-electron chi connectivity index (χ2n) is 12.9. The summed E-state index contributed by atoms with van der Waals surface area (Å²) in [5, 5.41) is 11.9. The number of carbonyl (C=O) groups is 3. The Kier molecular flexibility index (Phi) is 8.10. The molecule has 48 heavy (non-hydrogen) atoms. The maximum Gasteiger partial charge on any atom is 0.340 e. The lowest BCUT2D eigenvalue weighted by atomic mass is 9.63. The zero-order chi connectivity index (χ0) is 33.7. The van der Waals surface area contributed by atoms with E-state index in [1.165, 1.54) is 36.0 Å². The molecule has 5 atom stereocenters. The molecule has 0 radical (unpaired) electrons. The van der Waals surface area contributed by atoms with Gasteiger partial charge in [0.05, 0.1) is 17.6 Å². The number of amides is 1. The SMILES string of the molecule is CC1(C)S[C@H]2N(C(=O)C23C(C(=O)Oc2ccccc2)=CCC3C(=O)c2ccc(F)cc2)[C@H]1C(O)(OCc1ccccc1)c1ccccc1. The number of β-lactam (4-membered cyclic amide) rings is 1. The van der Waals surface area contributed by atoms with Crippen molar-refractivity contribution in [1.82, 2.24) is 4.90 Å². The van der Waals surface area contributed by atoms with Crippen LogP contribution in [0.4, 0.5) is 4.39 Å². The molecule has 3 aliphatic rings. The molecule has 4 aromatic carbocycles. The number of allylic oxidation sites excluding steroid dienone is 1. The van der Waals surface area contributed by atoms with Gasteiger partial charge in [0.15, 0.2) is 5.78 Å². The number of aliphatic hydroxyl groups is 1. The first kappa shape index (κ1) is 32.0. The third kappa shape index (κ3) is 5.08. The topological polar surface area (TPSA) is 93.1 Å². The average Bonchev–Trinajstić information content (AvgIpc) is 3.64. The fourth-order valence-corrected chi connectivity index (χ4v) is 9.36. The summed E-state index contributed by atoms with van der Waals surface area (Å²) < 4.78 is 25.2. The molecule has 1 amide bonds. The van der Waals surface area contributed by atoms with Gasteiger partial charge in [0.2, 0.25) is 11.7 Å². The molecule has 9 heteroatoms. The predicted octanol–water partition coefficient (Wildman–Crippen LogP) is 6.67. The summed E-state index contributed by atoms with van der Waals surface area (Å²) in [4.78, 5) is 44.7. The van der Waals surface area contributed by atoms with Crippen molar-refractivity contribution in [2.45, 2.75) is 48.8 Å². The van der Waals surface area contributed by atoms with Crippen LogP contribution >= 0.6 is 11.8 Å². The summed E-state index contributed by atoms with van der Waals surface area (Å²) in [6, 6.07) is 31.3. The molecular weight excluding hydrogens is 629 g/mol. The van der Waals surface area contributed by atoms with Gasteiger partial charge in [-0.1, -0.05) is 84.9 Å². The number of para-hydroxylation sites is 1. The molecule has 1 aliphatic carbocycles. The fraction of sp³-hybridized carbons (Fsp3) is 0.256. The number of carbonyl (C=O) groups excluding carboxylic acids is 3. The minimum absolute atomic E-state index is 0.0710. The number of halogens is 1. The zero-order valence-electron chi connectivity index (χ0n) is 26.4. The maximum absolute atomic E-state index is 15.0. The van der Waals surface area contributed by atoms with Crippen LogP contribution in [0.3, 0.4) is 0 Å². The Morgan fingerprint density at radius 1 is 0.917 bits per heavy atom. The van der Waals surface area contributed by atoms with E-state index in [1.54, 1.807) is 65.6 Å². The van der Waals surface area contributed by atoms with Crippen molar-refractivity contribution in [3.63, 3.8) is 0 Å². The van der Waals surface area contributed by atoms with Gasteiger partial charge in [0.25, 0.3) is 0 Å². The van der Waals surface area contributed by atoms with Crippen molar-refractivity contribution in [3.05, 3.63) is 149 Å². The first-order valence-corrected chi connectivity index (χ1v) is 16.7. The number of benzene rings is 4. The van der Waals surface area contributed by atoms with Crippen molar-refractivity contribution in [2.24, 2.45) is 11.3 Å². The summed E-state index contributed by atoms with van der Waals surface area (Å²) in [5.74, 6) is -4.65. The van der Waals surface area contributed by atoms with E-state index in [-0.39, 0.29) is 29.9 Å². The highest BCUT2D eigenvalue weighted by atomic mass is 32.2. The molecule has 244 valence electrons. The molecule has 2 aliphatic heterocycles. The predicted molar refractivity (Wildman–Crippen MR) is 179 cm³/mol. The number of Topliss-reactive ketones (excluding diaryl/α,β-unsaturated/α-hetero) is 1. The Labute approximate surface area is 282 Å². The van der Waals surface area contributed by atoms with Crippen LogP contribution in [-0.4, -0.2) is 43.8 Å². The molecule has 0 saturated carbocycles. The molecular formula is C39H34FNO6S. The van der Waals surface area contributed by atoms with Gasteiger partial charge < -0.3 is 19.5 Å². The summed E-state index contributed by atoms with van der Waals surface area (Å²) in [6.07, 6.45) is 1.74. The van der Waals surface area contributed by atoms with Crippen molar-refractivity contribution in [1.29, 1.82) is 0 Å². The van der Waals surface area contributed by atoms with Crippen LogP contribution in [-0.2, 0) is 26.7 Å². The van der Waals surface area contributed by atoms with Crippen molar-refractivity contribution < 1.29 is 33.4 Å². The number of hydrogen-bond donors (Lipinski definition) is 1. The molecule has 0 aromatic heterocycles. The number of hydrogen-bond acceptors (Lipinski definition) is 7. The lowest BCUT2D eigenvalue weighted by Crippen LogP contribution is -2.74. The Morgan fingerprint density at radius 2 is 1.52 bits per heavy atom. The fourth-order valence-electron chi connectivity index (χ4n) is 7.47. The molecule has 2 saturated heterocycles. The van der Waals surface area contributed by atoms with E-state index < -0.39 is 51.0 Å². The summed E-state index contributed by atoms with van der Waals surface area (Å²) in [7, 11) is 0. The van der Waals surface area contributed by atoms with E-state index in [9.17, 15) is 23.9 Å². The van der Waals surface area contributed by atoms with Gasteiger partial charge in [-0.15, -0.1) is 11.8 Å². The smallest absolute Gasteiger partial charge is 0.340 e. The number of rotatable bonds is 9. The maximum atomic E-state index is 15.0. The Morgan fingerprint density at radius 3 is 2.17 bits per heavy atom. The van der Waals surface area contributed by atoms with Gasteiger partial charge in [-0.05, 0) is 62.2 Å². The second kappa shape index (κ2) is 12.1. The first-order valence-electron chi connectivity index (χ1n) is 15.8. The minimum atomic E-state index is -1.96. The van der Waals surface area contributed by atoms with Crippen LogP contribution in [0.15, 0.2) is 127 Å². The normalized spacial score (nSPS) is 25.2. The summed E-state index contributed by atoms with van der Waals surface area (Å²) in [6.45, 7) is 3.93. The number of ether oxygens (including phenoxy) is 2. The van der Waals surface area contributed by atoms with E-state index in [0.717, 1.165) is 5.56 Å². The molecule has 4 aromatic rings. The highest BCUT2D eigenvalue weighted by molar-refractivity contribution is 8.01. The third-order valence-corrected chi connectivity index (χ3v) is 11.3. The van der Waals surface area contributed by atoms with Crippen molar-refractivity contribution in [2.75, 3.05) is 0 Å². The van der Waals surface area contributed by atoms with Gasteiger partial charge in [-0.3, -0.25) is 9.59 Å². The number of ketones is 1. The van der Waals surface area contributed by atoms with Crippen LogP contribution in [0.5, 0.6) is 5.75 Å². The van der Waals surface area contributed by atoms with Gasteiger partial charge >= 0.3 is 5.97 Å². The highest BCUT2D eigenvalue weighted by Gasteiger charge is 2.79. The Balaban J connectivity index is 1.30. The van der Waals surface area contributed by atoms with Crippen LogP contribution in [0.1, 0.15) is 41.8 Å². The van der Waals surface area contributed by atoms with E-state index >= 15 is 0 Å². The molecule has 7 rings (SSSR count). The average molecular weight is 664 g/mol. The van der Waals surface area contributed by atoms with E-state index in [2.05, 4.69) is 0 Å². The van der Waals surface area contributed by atoms with Gasteiger partial charge in [0.1, 0.15) is 23.0 Å². The number of fused-ring (bicyclic) bond motifs is 2. The summed E-state index contributed by atoms with van der Waals surface area (Å²) >= 11 is 1.42. The monoisotopic (exact) mass is 663 g/mol. The van der Waals surface area contributed by atoms with Crippen LogP contribution in [0.2, 0.25) is 0 Å². The molecule has 2 fully saturated rings. The van der Waals surface area contributed by atoms with Crippen LogP contribution in [0.25, 0.3) is 0 Å². The lowest BCUT2D eigenvalue weighted by molar-refractivity contribution is -0.269. The number of thioether (sulfide) groups is 1. The molecule has 1 N–H and O–H groups in total. The van der Waals surface area contributed by atoms with E-state index in [1.807, 2.05) is 50.2 Å². The molecule has 1 spiro atoms. The van der Waals surface area contributed by atoms with Crippen LogP contribution in [0, 0.1) is 17.2 Å². The van der Waals surface area contributed by atoms with E-state index in [4.69, 9.17) is 9.47 Å². The first-order chi connectivity index (χ1) is 23.1. The van der Waals surface area contributed by atoms with Gasteiger partial charge in [-0.25, -0.2) is 9.18 Å². The van der Waals surface area contributed by atoms with Crippen molar-refractivity contribution in [3.8, 4) is 5.75 Å². The number of esters is 1.